The van der Waals surface area contributed by atoms with Crippen molar-refractivity contribution in [3.63, 3.8) is 0 Å². The molecule has 1 saturated carbocycles. The smallest absolute Gasteiger partial charge is 0.254 e. The monoisotopic (exact) mass is 319 g/mol. The Morgan fingerprint density at radius 2 is 2.10 bits per heavy atom. The van der Waals surface area contributed by atoms with Crippen molar-refractivity contribution in [1.82, 2.24) is 5.32 Å². The van der Waals surface area contributed by atoms with Gasteiger partial charge in [0, 0.05) is 5.88 Å². The van der Waals surface area contributed by atoms with Crippen molar-refractivity contribution in [2.45, 2.75) is 38.1 Å². The van der Waals surface area contributed by atoms with Crippen molar-refractivity contribution in [3.8, 4) is 0 Å². The number of halogens is 4. The van der Waals surface area contributed by atoms with Crippen LogP contribution in [0.15, 0.2) is 12.1 Å². The average molecular weight is 320 g/mol. The first-order chi connectivity index (χ1) is 9.88. The first-order valence-corrected chi connectivity index (χ1v) is 7.44. The molecule has 116 valence electrons. The maximum Gasteiger partial charge on any atom is 0.254 e. The zero-order valence-electron chi connectivity index (χ0n) is 11.7. The van der Waals surface area contributed by atoms with Gasteiger partial charge < -0.3 is 5.32 Å². The quantitative estimate of drug-likeness (QED) is 0.661. The normalized spacial score (nSPS) is 25.7. The minimum absolute atomic E-state index is 0.203. The summed E-state index contributed by atoms with van der Waals surface area (Å²) >= 11 is 5.99. The number of benzene rings is 1. The Bertz CT molecular complexity index is 552. The first kappa shape index (κ1) is 16.1. The number of amides is 1. The molecule has 2 nitrogen and oxygen atoms in total. The van der Waals surface area contributed by atoms with E-state index < -0.39 is 34.5 Å². The van der Waals surface area contributed by atoms with Crippen LogP contribution in [0.1, 0.15) is 43.0 Å². The molecule has 1 aliphatic rings. The summed E-state index contributed by atoms with van der Waals surface area (Å²) in [6.45, 7) is 2.06. The zero-order valence-corrected chi connectivity index (χ0v) is 12.4. The summed E-state index contributed by atoms with van der Waals surface area (Å²) < 4.78 is 39.8. The van der Waals surface area contributed by atoms with Gasteiger partial charge in [0.1, 0.15) is 0 Å². The highest BCUT2D eigenvalue weighted by atomic mass is 35.5. The van der Waals surface area contributed by atoms with E-state index in [9.17, 15) is 18.0 Å². The summed E-state index contributed by atoms with van der Waals surface area (Å²) in [5, 5.41) is 2.72. The second kappa shape index (κ2) is 6.26. The van der Waals surface area contributed by atoms with Gasteiger partial charge in [-0.2, -0.15) is 0 Å². The van der Waals surface area contributed by atoms with Gasteiger partial charge in [-0.25, -0.2) is 13.2 Å². The highest BCUT2D eigenvalue weighted by Gasteiger charge is 2.36. The number of alkyl halides is 1. The van der Waals surface area contributed by atoms with Crippen LogP contribution in [0.5, 0.6) is 0 Å². The average Bonchev–Trinajstić information content (AvgIpc) is 2.44. The van der Waals surface area contributed by atoms with E-state index in [2.05, 4.69) is 12.2 Å². The Labute approximate surface area is 126 Å². The molecule has 2 unspecified atom stereocenters. The van der Waals surface area contributed by atoms with E-state index in [4.69, 9.17) is 11.6 Å². The van der Waals surface area contributed by atoms with Gasteiger partial charge in [0.05, 0.1) is 11.1 Å². The molecule has 1 fully saturated rings. The van der Waals surface area contributed by atoms with E-state index in [0.717, 1.165) is 25.0 Å². The highest BCUT2D eigenvalue weighted by molar-refractivity contribution is 6.19. The summed E-state index contributed by atoms with van der Waals surface area (Å²) in [7, 11) is 0. The van der Waals surface area contributed by atoms with Crippen molar-refractivity contribution in [2.24, 2.45) is 5.92 Å². The molecule has 1 aliphatic carbocycles. The van der Waals surface area contributed by atoms with E-state index in [-0.39, 0.29) is 5.88 Å². The molecule has 6 heteroatoms. The van der Waals surface area contributed by atoms with Crippen LogP contribution in [0, 0.1) is 23.4 Å². The lowest BCUT2D eigenvalue weighted by Crippen LogP contribution is -2.52. The molecule has 1 aromatic rings. The predicted octanol–water partition coefficient (Wildman–Crippen LogP) is 4.02. The van der Waals surface area contributed by atoms with Crippen LogP contribution in [0.3, 0.4) is 0 Å². The number of carbonyl (C=O) groups excluding carboxylic acids is 1. The van der Waals surface area contributed by atoms with Crippen LogP contribution in [-0.2, 0) is 0 Å². The summed E-state index contributed by atoms with van der Waals surface area (Å²) in [6.07, 6.45) is 3.34. The molecule has 0 aromatic heterocycles. The van der Waals surface area contributed by atoms with Crippen molar-refractivity contribution < 1.29 is 18.0 Å². The molecule has 0 spiro atoms. The molecule has 1 amide bonds. The Hall–Kier alpha value is -1.23. The molecule has 0 saturated heterocycles. The van der Waals surface area contributed by atoms with Crippen molar-refractivity contribution in [1.29, 1.82) is 0 Å². The molecule has 0 radical (unpaired) electrons. The second-order valence-electron chi connectivity index (χ2n) is 5.79. The SMILES string of the molecule is CC1CCCC(CCl)(NC(=O)c2ccc(F)c(F)c2F)C1. The highest BCUT2D eigenvalue weighted by Crippen LogP contribution is 2.33. The van der Waals surface area contributed by atoms with Crippen molar-refractivity contribution in [3.05, 3.63) is 35.1 Å². The molecular formula is C15H17ClF3NO. The molecule has 0 bridgehead atoms. The largest absolute Gasteiger partial charge is 0.345 e. The van der Waals surface area contributed by atoms with Crippen molar-refractivity contribution in [2.75, 3.05) is 5.88 Å². The molecule has 2 rings (SSSR count). The maximum absolute atomic E-state index is 13.7. The Kier molecular flexibility index (Phi) is 4.81. The standard InChI is InChI=1S/C15H17ClF3NO/c1-9-3-2-6-15(7-9,8-16)20-14(21)10-4-5-11(17)13(19)12(10)18/h4-5,9H,2-3,6-8H2,1H3,(H,20,21). The van der Waals surface area contributed by atoms with Crippen LogP contribution in [0.4, 0.5) is 13.2 Å². The lowest BCUT2D eigenvalue weighted by Gasteiger charge is -2.39. The second-order valence-corrected chi connectivity index (χ2v) is 6.06. The van der Waals surface area contributed by atoms with Gasteiger partial charge in [0.25, 0.3) is 5.91 Å². The van der Waals surface area contributed by atoms with E-state index in [1.165, 1.54) is 0 Å². The minimum atomic E-state index is -1.64. The molecule has 2 atom stereocenters. The fourth-order valence-electron chi connectivity index (χ4n) is 2.94. The van der Waals surface area contributed by atoms with Gasteiger partial charge in [0.15, 0.2) is 17.5 Å². The minimum Gasteiger partial charge on any atom is -0.345 e. The number of hydrogen-bond acceptors (Lipinski definition) is 1. The zero-order chi connectivity index (χ0) is 15.6. The van der Waals surface area contributed by atoms with Gasteiger partial charge in [0.2, 0.25) is 0 Å². The molecule has 21 heavy (non-hydrogen) atoms. The van der Waals surface area contributed by atoms with Crippen LogP contribution in [0.25, 0.3) is 0 Å². The van der Waals surface area contributed by atoms with Crippen LogP contribution in [0.2, 0.25) is 0 Å². The van der Waals surface area contributed by atoms with Crippen LogP contribution < -0.4 is 5.32 Å². The van der Waals surface area contributed by atoms with Gasteiger partial charge in [-0.3, -0.25) is 4.79 Å². The van der Waals surface area contributed by atoms with E-state index in [1.54, 1.807) is 0 Å². The lowest BCUT2D eigenvalue weighted by atomic mass is 9.77. The van der Waals surface area contributed by atoms with Crippen LogP contribution in [-0.4, -0.2) is 17.3 Å². The Morgan fingerprint density at radius 1 is 1.38 bits per heavy atom. The Balaban J connectivity index is 2.22. The molecule has 1 N–H and O–H groups in total. The topological polar surface area (TPSA) is 29.1 Å². The van der Waals surface area contributed by atoms with E-state index in [1.807, 2.05) is 0 Å². The summed E-state index contributed by atoms with van der Waals surface area (Å²) in [6, 6.07) is 1.68. The van der Waals surface area contributed by atoms with Gasteiger partial charge in [-0.05, 0) is 30.9 Å². The third-order valence-electron chi connectivity index (χ3n) is 4.01. The van der Waals surface area contributed by atoms with E-state index >= 15 is 0 Å². The number of hydrogen-bond donors (Lipinski definition) is 1. The first-order valence-electron chi connectivity index (χ1n) is 6.90. The molecule has 0 aliphatic heterocycles. The van der Waals surface area contributed by atoms with Gasteiger partial charge in [-0.15, -0.1) is 11.6 Å². The maximum atomic E-state index is 13.7. The van der Waals surface area contributed by atoms with Crippen molar-refractivity contribution >= 4 is 17.5 Å². The lowest BCUT2D eigenvalue weighted by molar-refractivity contribution is 0.0862. The number of carbonyl (C=O) groups is 1. The summed E-state index contributed by atoms with van der Waals surface area (Å²) in [4.78, 5) is 12.2. The Morgan fingerprint density at radius 3 is 2.71 bits per heavy atom. The number of nitrogens with one attached hydrogen (secondary N) is 1. The third-order valence-corrected chi connectivity index (χ3v) is 4.52. The molecule has 1 aromatic carbocycles. The predicted molar refractivity (Wildman–Crippen MR) is 74.9 cm³/mol. The fourth-order valence-corrected chi connectivity index (χ4v) is 3.25. The van der Waals surface area contributed by atoms with Crippen LogP contribution >= 0.6 is 11.6 Å². The van der Waals surface area contributed by atoms with E-state index in [0.29, 0.717) is 18.8 Å². The fraction of sp³-hybridized carbons (Fsp3) is 0.533. The number of rotatable bonds is 3. The van der Waals surface area contributed by atoms with Gasteiger partial charge in [-0.1, -0.05) is 19.8 Å². The summed E-state index contributed by atoms with van der Waals surface area (Å²) in [5.41, 5.74) is -1.12. The third kappa shape index (κ3) is 3.34. The van der Waals surface area contributed by atoms with Gasteiger partial charge >= 0.3 is 0 Å². The molecular weight excluding hydrogens is 303 g/mol. The summed E-state index contributed by atoms with van der Waals surface area (Å²) in [5.74, 6) is -4.59. The molecule has 0 heterocycles.